The Morgan fingerprint density at radius 1 is 1.30 bits per heavy atom. The molecule has 0 aromatic heterocycles. The fourth-order valence-corrected chi connectivity index (χ4v) is 3.43. The SMILES string of the molecule is CNC(Cc1cc(F)ccc1C)C1CCC(C)(C)CC1. The zero-order valence-corrected chi connectivity index (χ0v) is 13.3. The van der Waals surface area contributed by atoms with Crippen molar-refractivity contribution >= 4 is 0 Å². The van der Waals surface area contributed by atoms with Crippen LogP contribution in [0.5, 0.6) is 0 Å². The summed E-state index contributed by atoms with van der Waals surface area (Å²) in [4.78, 5) is 0. The first-order chi connectivity index (χ1) is 9.41. The minimum atomic E-state index is -0.120. The van der Waals surface area contributed by atoms with Gasteiger partial charge in [0.1, 0.15) is 5.82 Å². The summed E-state index contributed by atoms with van der Waals surface area (Å²) in [5.74, 6) is 0.598. The molecule has 0 heterocycles. The van der Waals surface area contributed by atoms with Crippen LogP contribution in [0.2, 0.25) is 0 Å². The van der Waals surface area contributed by atoms with Crippen molar-refractivity contribution in [3.8, 4) is 0 Å². The number of halogens is 1. The van der Waals surface area contributed by atoms with Crippen molar-refractivity contribution in [3.63, 3.8) is 0 Å². The Morgan fingerprint density at radius 2 is 1.95 bits per heavy atom. The molecule has 0 saturated heterocycles. The van der Waals surface area contributed by atoms with E-state index in [1.165, 1.54) is 31.2 Å². The van der Waals surface area contributed by atoms with Crippen LogP contribution in [0.3, 0.4) is 0 Å². The molecule has 1 aromatic rings. The average Bonchev–Trinajstić information content (AvgIpc) is 2.40. The Bertz CT molecular complexity index is 443. The molecule has 0 radical (unpaired) electrons. The summed E-state index contributed by atoms with van der Waals surface area (Å²) in [5.41, 5.74) is 2.85. The molecule has 2 rings (SSSR count). The first kappa shape index (κ1) is 15.5. The molecule has 0 bridgehead atoms. The summed E-state index contributed by atoms with van der Waals surface area (Å²) in [6, 6.07) is 5.61. The maximum atomic E-state index is 13.4. The predicted octanol–water partition coefficient (Wildman–Crippen LogP) is 4.48. The van der Waals surface area contributed by atoms with Gasteiger partial charge < -0.3 is 5.32 Å². The van der Waals surface area contributed by atoms with E-state index in [1.54, 1.807) is 12.1 Å². The van der Waals surface area contributed by atoms with Crippen LogP contribution in [0.1, 0.15) is 50.7 Å². The highest BCUT2D eigenvalue weighted by Crippen LogP contribution is 2.39. The van der Waals surface area contributed by atoms with Gasteiger partial charge in [0.25, 0.3) is 0 Å². The topological polar surface area (TPSA) is 12.0 Å². The largest absolute Gasteiger partial charge is 0.316 e. The molecule has 1 atom stereocenters. The third-order valence-electron chi connectivity index (χ3n) is 5.07. The van der Waals surface area contributed by atoms with Crippen LogP contribution in [0.25, 0.3) is 0 Å². The summed E-state index contributed by atoms with van der Waals surface area (Å²) in [7, 11) is 2.04. The summed E-state index contributed by atoms with van der Waals surface area (Å²) < 4.78 is 13.4. The quantitative estimate of drug-likeness (QED) is 0.855. The van der Waals surface area contributed by atoms with Crippen molar-refractivity contribution in [3.05, 3.63) is 35.1 Å². The summed E-state index contributed by atoms with van der Waals surface area (Å²) in [6.07, 6.45) is 6.11. The second-order valence-corrected chi connectivity index (χ2v) is 7.17. The van der Waals surface area contributed by atoms with E-state index in [4.69, 9.17) is 0 Å². The molecule has 0 aliphatic heterocycles. The Labute approximate surface area is 123 Å². The van der Waals surface area contributed by atoms with E-state index >= 15 is 0 Å². The number of nitrogens with one attached hydrogen (secondary N) is 1. The van der Waals surface area contributed by atoms with Crippen LogP contribution < -0.4 is 5.32 Å². The van der Waals surface area contributed by atoms with E-state index in [9.17, 15) is 4.39 Å². The van der Waals surface area contributed by atoms with Gasteiger partial charge in [0.2, 0.25) is 0 Å². The molecule has 1 aromatic carbocycles. The van der Waals surface area contributed by atoms with Gasteiger partial charge in [-0.3, -0.25) is 0 Å². The molecule has 1 aliphatic rings. The predicted molar refractivity (Wildman–Crippen MR) is 83.4 cm³/mol. The maximum absolute atomic E-state index is 13.4. The number of benzene rings is 1. The van der Waals surface area contributed by atoms with Crippen LogP contribution in [0, 0.1) is 24.1 Å². The molecule has 1 aliphatic carbocycles. The molecule has 1 fully saturated rings. The van der Waals surface area contributed by atoms with Crippen LogP contribution in [0.4, 0.5) is 4.39 Å². The molecule has 1 unspecified atom stereocenters. The number of likely N-dealkylation sites (N-methyl/N-ethyl adjacent to an activating group) is 1. The summed E-state index contributed by atoms with van der Waals surface area (Å²) >= 11 is 0. The molecule has 1 saturated carbocycles. The van der Waals surface area contributed by atoms with E-state index < -0.39 is 0 Å². The number of aryl methyl sites for hydroxylation is 1. The van der Waals surface area contributed by atoms with Crippen LogP contribution in [0.15, 0.2) is 18.2 Å². The van der Waals surface area contributed by atoms with Crippen LogP contribution >= 0.6 is 0 Å². The van der Waals surface area contributed by atoms with Crippen molar-refractivity contribution in [1.29, 1.82) is 0 Å². The highest BCUT2D eigenvalue weighted by molar-refractivity contribution is 5.27. The second-order valence-electron chi connectivity index (χ2n) is 7.17. The van der Waals surface area contributed by atoms with Crippen LogP contribution in [-0.4, -0.2) is 13.1 Å². The fourth-order valence-electron chi connectivity index (χ4n) is 3.43. The van der Waals surface area contributed by atoms with Crippen LogP contribution in [-0.2, 0) is 6.42 Å². The first-order valence-corrected chi connectivity index (χ1v) is 7.83. The van der Waals surface area contributed by atoms with Gasteiger partial charge in [-0.2, -0.15) is 0 Å². The lowest BCUT2D eigenvalue weighted by atomic mass is 9.70. The molecular weight excluding hydrogens is 249 g/mol. The second kappa shape index (κ2) is 6.26. The molecule has 1 N–H and O–H groups in total. The lowest BCUT2D eigenvalue weighted by Crippen LogP contribution is -2.39. The molecule has 0 spiro atoms. The van der Waals surface area contributed by atoms with E-state index in [2.05, 4.69) is 26.1 Å². The van der Waals surface area contributed by atoms with Crippen molar-refractivity contribution in [2.45, 2.75) is 58.9 Å². The van der Waals surface area contributed by atoms with Crippen molar-refractivity contribution < 1.29 is 4.39 Å². The Kier molecular flexibility index (Phi) is 4.85. The smallest absolute Gasteiger partial charge is 0.123 e. The highest BCUT2D eigenvalue weighted by Gasteiger charge is 2.30. The van der Waals surface area contributed by atoms with Crippen molar-refractivity contribution in [2.75, 3.05) is 7.05 Å². The van der Waals surface area contributed by atoms with Gasteiger partial charge in [0, 0.05) is 6.04 Å². The summed E-state index contributed by atoms with van der Waals surface area (Å²) in [5, 5.41) is 3.47. The van der Waals surface area contributed by atoms with E-state index in [-0.39, 0.29) is 5.82 Å². The molecule has 2 heteroatoms. The van der Waals surface area contributed by atoms with Gasteiger partial charge in [0.15, 0.2) is 0 Å². The molecule has 20 heavy (non-hydrogen) atoms. The minimum absolute atomic E-state index is 0.120. The highest BCUT2D eigenvalue weighted by atomic mass is 19.1. The molecule has 112 valence electrons. The molecular formula is C18H28FN. The third kappa shape index (κ3) is 3.82. The Morgan fingerprint density at radius 3 is 2.55 bits per heavy atom. The summed E-state index contributed by atoms with van der Waals surface area (Å²) in [6.45, 7) is 6.81. The standard InChI is InChI=1S/C18H28FN/c1-13-5-6-16(19)11-15(13)12-17(20-4)14-7-9-18(2,3)10-8-14/h5-6,11,14,17,20H,7-10,12H2,1-4H3. The van der Waals surface area contributed by atoms with E-state index in [0.717, 1.165) is 17.9 Å². The number of rotatable bonds is 4. The maximum Gasteiger partial charge on any atom is 0.123 e. The monoisotopic (exact) mass is 277 g/mol. The van der Waals surface area contributed by atoms with Gasteiger partial charge in [-0.1, -0.05) is 19.9 Å². The van der Waals surface area contributed by atoms with Crippen molar-refractivity contribution in [1.82, 2.24) is 5.32 Å². The van der Waals surface area contributed by atoms with Gasteiger partial charge in [-0.15, -0.1) is 0 Å². The fraction of sp³-hybridized carbons (Fsp3) is 0.667. The number of hydrogen-bond acceptors (Lipinski definition) is 1. The normalized spacial score (nSPS) is 20.9. The van der Waals surface area contributed by atoms with Crippen molar-refractivity contribution in [2.24, 2.45) is 11.3 Å². The lowest BCUT2D eigenvalue weighted by Gasteiger charge is -2.38. The zero-order chi connectivity index (χ0) is 14.8. The van der Waals surface area contributed by atoms with E-state index in [1.807, 2.05) is 13.1 Å². The Balaban J connectivity index is 2.04. The van der Waals surface area contributed by atoms with E-state index in [0.29, 0.717) is 11.5 Å². The minimum Gasteiger partial charge on any atom is -0.316 e. The number of hydrogen-bond donors (Lipinski definition) is 1. The first-order valence-electron chi connectivity index (χ1n) is 7.83. The lowest BCUT2D eigenvalue weighted by molar-refractivity contribution is 0.163. The van der Waals surface area contributed by atoms with Gasteiger partial charge in [-0.25, -0.2) is 4.39 Å². The molecule has 1 nitrogen and oxygen atoms in total. The zero-order valence-electron chi connectivity index (χ0n) is 13.3. The van der Waals surface area contributed by atoms with Gasteiger partial charge >= 0.3 is 0 Å². The third-order valence-corrected chi connectivity index (χ3v) is 5.07. The Hall–Kier alpha value is -0.890. The average molecular weight is 277 g/mol. The molecule has 0 amide bonds. The van der Waals surface area contributed by atoms with Gasteiger partial charge in [-0.05, 0) is 80.7 Å². The van der Waals surface area contributed by atoms with Gasteiger partial charge in [0.05, 0.1) is 0 Å².